The van der Waals surface area contributed by atoms with Crippen molar-refractivity contribution >= 4 is 57.4 Å². The molecular formula is C26H28Cl3F3N4O. The number of benzene rings is 2. The van der Waals surface area contributed by atoms with E-state index in [2.05, 4.69) is 5.32 Å². The Morgan fingerprint density at radius 3 is 2.46 bits per heavy atom. The molecule has 1 aliphatic heterocycles. The molecule has 1 saturated heterocycles. The molecule has 1 N–H and O–H groups in total. The third-order valence-corrected chi connectivity index (χ3v) is 7.88. The summed E-state index contributed by atoms with van der Waals surface area (Å²) in [5.41, 5.74) is 2.80. The molecule has 1 atom stereocenters. The van der Waals surface area contributed by atoms with Gasteiger partial charge in [-0.15, -0.1) is 0 Å². The van der Waals surface area contributed by atoms with Crippen LogP contribution < -0.4 is 10.2 Å². The number of aryl methyl sites for hydroxylation is 1. The Hall–Kier alpha value is -2.16. The van der Waals surface area contributed by atoms with E-state index in [4.69, 9.17) is 39.8 Å². The van der Waals surface area contributed by atoms with Crippen LogP contribution in [0.4, 0.5) is 18.9 Å². The minimum atomic E-state index is -4.23. The van der Waals surface area contributed by atoms with E-state index >= 15 is 0 Å². The van der Waals surface area contributed by atoms with Gasteiger partial charge in [-0.05, 0) is 35.7 Å². The largest absolute Gasteiger partial charge is 0.393 e. The van der Waals surface area contributed by atoms with Gasteiger partial charge in [-0.3, -0.25) is 4.79 Å². The van der Waals surface area contributed by atoms with E-state index in [0.717, 1.165) is 11.1 Å². The standard InChI is InChI=1S/C26H28Cl3F3N4O/c1-25(2,3)24(37)33-12-14-5-6-17(27)16(23(14)29)9-22-34-19-10-18(28)20(11-21(19)35(22)4)36-8-7-15(13-36)26(30,31)32/h5-6,10-11,15H,7-9,12-13H2,1-4H3,(H,33,37). The molecule has 1 aliphatic rings. The zero-order valence-corrected chi connectivity index (χ0v) is 23.2. The summed E-state index contributed by atoms with van der Waals surface area (Å²) in [6, 6.07) is 6.98. The van der Waals surface area contributed by atoms with Gasteiger partial charge in [0.1, 0.15) is 5.82 Å². The van der Waals surface area contributed by atoms with Gasteiger partial charge >= 0.3 is 6.18 Å². The summed E-state index contributed by atoms with van der Waals surface area (Å²) < 4.78 is 41.5. The Morgan fingerprint density at radius 2 is 1.84 bits per heavy atom. The highest BCUT2D eigenvalue weighted by Crippen LogP contribution is 2.39. The lowest BCUT2D eigenvalue weighted by Crippen LogP contribution is -2.34. The number of nitrogens with zero attached hydrogens (tertiary/aromatic N) is 3. The van der Waals surface area contributed by atoms with Gasteiger partial charge in [0.25, 0.3) is 0 Å². The third-order valence-electron chi connectivity index (χ3n) is 6.76. The third kappa shape index (κ3) is 5.81. The van der Waals surface area contributed by atoms with Crippen molar-refractivity contribution in [1.82, 2.24) is 14.9 Å². The molecule has 1 unspecified atom stereocenters. The molecule has 11 heteroatoms. The predicted octanol–water partition coefficient (Wildman–Crippen LogP) is 7.18. The number of aromatic nitrogens is 2. The molecular weight excluding hydrogens is 548 g/mol. The lowest BCUT2D eigenvalue weighted by molar-refractivity contribution is -0.168. The van der Waals surface area contributed by atoms with Crippen molar-refractivity contribution in [2.24, 2.45) is 18.4 Å². The highest BCUT2D eigenvalue weighted by molar-refractivity contribution is 6.36. The summed E-state index contributed by atoms with van der Waals surface area (Å²) in [5.74, 6) is -0.800. The maximum absolute atomic E-state index is 13.2. The number of carbonyl (C=O) groups excluding carboxylic acids is 1. The smallest absolute Gasteiger partial charge is 0.370 e. The van der Waals surface area contributed by atoms with Gasteiger partial charge in [0, 0.05) is 43.5 Å². The van der Waals surface area contributed by atoms with Crippen LogP contribution in [-0.4, -0.2) is 34.7 Å². The van der Waals surface area contributed by atoms with Crippen LogP contribution in [0.5, 0.6) is 0 Å². The molecule has 0 saturated carbocycles. The molecule has 0 bridgehead atoms. The average molecular weight is 576 g/mol. The van der Waals surface area contributed by atoms with Crippen LogP contribution in [0.25, 0.3) is 11.0 Å². The number of carbonyl (C=O) groups is 1. The maximum Gasteiger partial charge on any atom is 0.393 e. The van der Waals surface area contributed by atoms with Crippen molar-refractivity contribution in [3.63, 3.8) is 0 Å². The first-order valence-corrected chi connectivity index (χ1v) is 13.0. The Kier molecular flexibility index (Phi) is 7.68. The summed E-state index contributed by atoms with van der Waals surface area (Å²) in [7, 11) is 1.83. The van der Waals surface area contributed by atoms with E-state index in [9.17, 15) is 18.0 Å². The second-order valence-corrected chi connectivity index (χ2v) is 11.7. The van der Waals surface area contributed by atoms with Crippen molar-refractivity contribution in [2.45, 2.75) is 46.3 Å². The quantitative estimate of drug-likeness (QED) is 0.351. The van der Waals surface area contributed by atoms with Crippen LogP contribution >= 0.6 is 34.8 Å². The van der Waals surface area contributed by atoms with Gasteiger partial charge in [0.05, 0.1) is 32.7 Å². The summed E-state index contributed by atoms with van der Waals surface area (Å²) in [4.78, 5) is 18.7. The number of nitrogens with one attached hydrogen (secondary N) is 1. The molecule has 0 radical (unpaired) electrons. The molecule has 1 fully saturated rings. The molecule has 200 valence electrons. The Bertz CT molecular complexity index is 1350. The summed E-state index contributed by atoms with van der Waals surface area (Å²) in [6.07, 6.45) is -3.87. The zero-order chi connectivity index (χ0) is 27.3. The molecule has 1 aromatic heterocycles. The number of hydrogen-bond donors (Lipinski definition) is 1. The van der Waals surface area contributed by atoms with Crippen LogP contribution in [-0.2, 0) is 24.8 Å². The first-order valence-electron chi connectivity index (χ1n) is 11.9. The Morgan fingerprint density at radius 1 is 1.14 bits per heavy atom. The fourth-order valence-electron chi connectivity index (χ4n) is 4.44. The number of fused-ring (bicyclic) bond motifs is 1. The Balaban J connectivity index is 1.61. The topological polar surface area (TPSA) is 50.2 Å². The predicted molar refractivity (Wildman–Crippen MR) is 143 cm³/mol. The fraction of sp³-hybridized carbons (Fsp3) is 0.462. The molecule has 1 amide bonds. The van der Waals surface area contributed by atoms with E-state index < -0.39 is 17.5 Å². The minimum Gasteiger partial charge on any atom is -0.370 e. The lowest BCUT2D eigenvalue weighted by atomic mass is 9.95. The van der Waals surface area contributed by atoms with Gasteiger partial charge in [-0.2, -0.15) is 13.2 Å². The number of halogens is 6. The Labute approximate surface area is 228 Å². The van der Waals surface area contributed by atoms with Crippen molar-refractivity contribution in [2.75, 3.05) is 18.0 Å². The van der Waals surface area contributed by atoms with Gasteiger partial charge in [0.15, 0.2) is 0 Å². The summed E-state index contributed by atoms with van der Waals surface area (Å²) in [6.45, 7) is 5.92. The van der Waals surface area contributed by atoms with Crippen molar-refractivity contribution in [3.05, 3.63) is 56.3 Å². The van der Waals surface area contributed by atoms with Gasteiger partial charge in [0.2, 0.25) is 5.91 Å². The molecule has 0 aliphatic carbocycles. The zero-order valence-electron chi connectivity index (χ0n) is 20.9. The first-order chi connectivity index (χ1) is 17.2. The lowest BCUT2D eigenvalue weighted by Gasteiger charge is -2.21. The van der Waals surface area contributed by atoms with Crippen molar-refractivity contribution in [1.29, 1.82) is 0 Å². The van der Waals surface area contributed by atoms with Crippen LogP contribution in [0.1, 0.15) is 44.1 Å². The molecule has 3 aromatic rings. The van der Waals surface area contributed by atoms with E-state index in [1.165, 1.54) is 0 Å². The van der Waals surface area contributed by atoms with Crippen LogP contribution in [0.2, 0.25) is 15.1 Å². The van der Waals surface area contributed by atoms with Crippen LogP contribution in [0.3, 0.4) is 0 Å². The summed E-state index contributed by atoms with van der Waals surface area (Å²) in [5, 5.41) is 4.17. The number of rotatable bonds is 5. The van der Waals surface area contributed by atoms with Gasteiger partial charge in [-0.1, -0.05) is 61.6 Å². The van der Waals surface area contributed by atoms with Gasteiger partial charge < -0.3 is 14.8 Å². The number of hydrogen-bond acceptors (Lipinski definition) is 3. The summed E-state index contributed by atoms with van der Waals surface area (Å²) >= 11 is 19.7. The highest BCUT2D eigenvalue weighted by Gasteiger charge is 2.44. The molecule has 2 heterocycles. The maximum atomic E-state index is 13.2. The van der Waals surface area contributed by atoms with Crippen molar-refractivity contribution < 1.29 is 18.0 Å². The normalized spacial score (nSPS) is 16.6. The fourth-order valence-corrected chi connectivity index (χ4v) is 5.29. The minimum absolute atomic E-state index is 0.0397. The van der Waals surface area contributed by atoms with Crippen LogP contribution in [0, 0.1) is 11.3 Å². The van der Waals surface area contributed by atoms with Crippen molar-refractivity contribution in [3.8, 4) is 0 Å². The molecule has 5 nitrogen and oxygen atoms in total. The SMILES string of the molecule is Cn1c(Cc2c(Cl)ccc(CNC(=O)C(C)(C)C)c2Cl)nc2cc(Cl)c(N3CCC(C(F)(F)F)C3)cc21. The van der Waals surface area contributed by atoms with E-state index in [1.54, 1.807) is 29.2 Å². The average Bonchev–Trinajstić information content (AvgIpc) is 3.40. The highest BCUT2D eigenvalue weighted by atomic mass is 35.5. The molecule has 37 heavy (non-hydrogen) atoms. The molecule has 2 aromatic carbocycles. The second-order valence-electron chi connectivity index (χ2n) is 10.5. The van der Waals surface area contributed by atoms with E-state index in [0.29, 0.717) is 44.1 Å². The second kappa shape index (κ2) is 10.2. The molecule has 4 rings (SSSR count). The molecule has 0 spiro atoms. The number of imidazole rings is 1. The number of anilines is 1. The number of alkyl halides is 3. The van der Waals surface area contributed by atoms with Gasteiger partial charge in [-0.25, -0.2) is 4.98 Å². The van der Waals surface area contributed by atoms with Crippen LogP contribution in [0.15, 0.2) is 24.3 Å². The number of amides is 1. The first kappa shape index (κ1) is 27.9. The van der Waals surface area contributed by atoms with E-state index in [1.807, 2.05) is 32.4 Å². The monoisotopic (exact) mass is 574 g/mol. The van der Waals surface area contributed by atoms with E-state index in [-0.39, 0.29) is 32.0 Å².